The summed E-state index contributed by atoms with van der Waals surface area (Å²) in [5.74, 6) is 4.51. The second-order valence-corrected chi connectivity index (χ2v) is 9.06. The van der Waals surface area contributed by atoms with Gasteiger partial charge in [0.2, 0.25) is 0 Å². The summed E-state index contributed by atoms with van der Waals surface area (Å²) >= 11 is 6.76. The molecule has 0 N–H and O–H groups in total. The highest BCUT2D eigenvalue weighted by Gasteiger charge is 2.09. The first-order valence-corrected chi connectivity index (χ1v) is 11.4. The van der Waals surface area contributed by atoms with Crippen molar-refractivity contribution in [2.45, 2.75) is 27.7 Å². The summed E-state index contributed by atoms with van der Waals surface area (Å²) in [6.07, 6.45) is 10.3. The first-order valence-electron chi connectivity index (χ1n) is 9.80. The molecule has 0 saturated carbocycles. The summed E-state index contributed by atoms with van der Waals surface area (Å²) in [4.78, 5) is 19.7. The van der Waals surface area contributed by atoms with Crippen LogP contribution in [0.15, 0.2) is 57.7 Å². The van der Waals surface area contributed by atoms with Gasteiger partial charge in [-0.2, -0.15) is 0 Å². The molecule has 0 saturated heterocycles. The third kappa shape index (κ3) is 5.26. The fourth-order valence-corrected chi connectivity index (χ4v) is 4.14. The SMILES string of the molecule is C#Cc1cc(Br)ccc1-n1cc(C)nc1C.Cc1cn(-c2ccc(Br)cc2C=O)c(C)n1. The molecular weight excluding hydrogens is 532 g/mol. The van der Waals surface area contributed by atoms with E-state index in [1.54, 1.807) is 6.07 Å². The lowest BCUT2D eigenvalue weighted by Gasteiger charge is -2.08. The number of aldehydes is 1. The maximum atomic E-state index is 11.0. The molecule has 0 atom stereocenters. The van der Waals surface area contributed by atoms with Gasteiger partial charge < -0.3 is 9.13 Å². The number of rotatable bonds is 3. The van der Waals surface area contributed by atoms with E-state index in [9.17, 15) is 4.79 Å². The van der Waals surface area contributed by atoms with E-state index in [1.807, 2.05) is 79.6 Å². The summed E-state index contributed by atoms with van der Waals surface area (Å²) in [6.45, 7) is 7.79. The van der Waals surface area contributed by atoms with Crippen molar-refractivity contribution >= 4 is 38.1 Å². The minimum absolute atomic E-state index is 0.648. The molecule has 0 amide bonds. The van der Waals surface area contributed by atoms with E-state index in [0.717, 1.165) is 55.2 Å². The maximum Gasteiger partial charge on any atom is 0.152 e. The molecule has 32 heavy (non-hydrogen) atoms. The van der Waals surface area contributed by atoms with Gasteiger partial charge in [-0.1, -0.05) is 37.8 Å². The molecule has 4 rings (SSSR count). The lowest BCUT2D eigenvalue weighted by molar-refractivity contribution is 0.112. The van der Waals surface area contributed by atoms with Crippen LogP contribution in [0.2, 0.25) is 0 Å². The molecule has 0 aliphatic heterocycles. The highest BCUT2D eigenvalue weighted by Crippen LogP contribution is 2.22. The fourth-order valence-electron chi connectivity index (χ4n) is 3.40. The van der Waals surface area contributed by atoms with E-state index in [-0.39, 0.29) is 0 Å². The van der Waals surface area contributed by atoms with Crippen molar-refractivity contribution in [3.8, 4) is 23.7 Å². The third-order valence-electron chi connectivity index (χ3n) is 4.76. The van der Waals surface area contributed by atoms with Gasteiger partial charge >= 0.3 is 0 Å². The Hall–Kier alpha value is -2.95. The van der Waals surface area contributed by atoms with E-state index in [2.05, 4.69) is 47.7 Å². The van der Waals surface area contributed by atoms with Crippen molar-refractivity contribution in [3.05, 3.63) is 91.9 Å². The number of aryl methyl sites for hydroxylation is 4. The number of carbonyl (C=O) groups excluding carboxylic acids is 1. The molecule has 162 valence electrons. The van der Waals surface area contributed by atoms with Crippen LogP contribution >= 0.6 is 31.9 Å². The van der Waals surface area contributed by atoms with E-state index < -0.39 is 0 Å². The van der Waals surface area contributed by atoms with Gasteiger partial charge in [0.25, 0.3) is 0 Å². The van der Waals surface area contributed by atoms with Crippen LogP contribution in [-0.4, -0.2) is 25.4 Å². The predicted molar refractivity (Wildman–Crippen MR) is 135 cm³/mol. The number of terminal acetylenes is 1. The van der Waals surface area contributed by atoms with Gasteiger partial charge in [-0.25, -0.2) is 9.97 Å². The van der Waals surface area contributed by atoms with Crippen LogP contribution in [0.25, 0.3) is 11.4 Å². The van der Waals surface area contributed by atoms with Crippen LogP contribution in [0.4, 0.5) is 0 Å². The number of hydrogen-bond acceptors (Lipinski definition) is 3. The average Bonchev–Trinajstić information content (AvgIpc) is 3.27. The second kappa shape index (κ2) is 10.1. The zero-order valence-electron chi connectivity index (χ0n) is 18.2. The van der Waals surface area contributed by atoms with E-state index in [1.165, 1.54) is 0 Å². The minimum Gasteiger partial charge on any atom is -0.303 e. The molecule has 0 aliphatic carbocycles. The molecule has 0 bridgehead atoms. The summed E-state index contributed by atoms with van der Waals surface area (Å²) in [7, 11) is 0. The predicted octanol–water partition coefficient (Wildman–Crippen LogP) is 6.30. The molecule has 0 spiro atoms. The van der Waals surface area contributed by atoms with Gasteiger partial charge in [-0.3, -0.25) is 4.79 Å². The second-order valence-electron chi connectivity index (χ2n) is 7.23. The minimum atomic E-state index is 0.648. The van der Waals surface area contributed by atoms with Crippen molar-refractivity contribution in [2.24, 2.45) is 0 Å². The van der Waals surface area contributed by atoms with Crippen molar-refractivity contribution in [1.29, 1.82) is 0 Å². The van der Waals surface area contributed by atoms with Crippen LogP contribution in [0.5, 0.6) is 0 Å². The molecule has 4 aromatic rings. The number of hydrogen-bond donors (Lipinski definition) is 0. The zero-order valence-corrected chi connectivity index (χ0v) is 21.4. The molecule has 2 heterocycles. The molecule has 0 radical (unpaired) electrons. The Labute approximate surface area is 204 Å². The maximum absolute atomic E-state index is 11.0. The smallest absolute Gasteiger partial charge is 0.152 e. The summed E-state index contributed by atoms with van der Waals surface area (Å²) < 4.78 is 5.81. The van der Waals surface area contributed by atoms with Crippen molar-refractivity contribution < 1.29 is 4.79 Å². The normalized spacial score (nSPS) is 10.3. The first kappa shape index (κ1) is 23.7. The molecule has 7 heteroatoms. The number of aromatic nitrogens is 4. The number of carbonyl (C=O) groups is 1. The highest BCUT2D eigenvalue weighted by molar-refractivity contribution is 9.10. The van der Waals surface area contributed by atoms with Crippen LogP contribution < -0.4 is 0 Å². The van der Waals surface area contributed by atoms with Gasteiger partial charge in [-0.15, -0.1) is 6.42 Å². The van der Waals surface area contributed by atoms with Crippen LogP contribution in [0.1, 0.15) is 39.0 Å². The van der Waals surface area contributed by atoms with Crippen LogP contribution in [-0.2, 0) is 0 Å². The van der Waals surface area contributed by atoms with E-state index >= 15 is 0 Å². The third-order valence-corrected chi connectivity index (χ3v) is 5.74. The number of benzene rings is 2. The molecule has 0 aliphatic rings. The van der Waals surface area contributed by atoms with Crippen molar-refractivity contribution in [2.75, 3.05) is 0 Å². The topological polar surface area (TPSA) is 52.7 Å². The molecule has 2 aromatic heterocycles. The van der Waals surface area contributed by atoms with Gasteiger partial charge in [0.1, 0.15) is 11.6 Å². The summed E-state index contributed by atoms with van der Waals surface area (Å²) in [6, 6.07) is 11.5. The Morgan fingerprint density at radius 3 is 1.81 bits per heavy atom. The number of halogens is 2. The molecule has 2 aromatic carbocycles. The fraction of sp³-hybridized carbons (Fsp3) is 0.160. The largest absolute Gasteiger partial charge is 0.303 e. The lowest BCUT2D eigenvalue weighted by Crippen LogP contribution is -1.99. The molecule has 5 nitrogen and oxygen atoms in total. The number of imidazole rings is 2. The summed E-state index contributed by atoms with van der Waals surface area (Å²) in [5.41, 5.74) is 5.28. The quantitative estimate of drug-likeness (QED) is 0.221. The monoisotopic (exact) mass is 552 g/mol. The van der Waals surface area contributed by atoms with Crippen molar-refractivity contribution in [3.63, 3.8) is 0 Å². The van der Waals surface area contributed by atoms with Crippen LogP contribution in [0, 0.1) is 40.0 Å². The Kier molecular flexibility index (Phi) is 7.49. The number of nitrogens with zero attached hydrogens (tertiary/aromatic N) is 4. The highest BCUT2D eigenvalue weighted by atomic mass is 79.9. The van der Waals surface area contributed by atoms with Crippen molar-refractivity contribution in [1.82, 2.24) is 19.1 Å². The van der Waals surface area contributed by atoms with Gasteiger partial charge in [0.05, 0.1) is 22.8 Å². The molecule has 0 fully saturated rings. The van der Waals surface area contributed by atoms with Gasteiger partial charge in [0.15, 0.2) is 6.29 Å². The standard InChI is InChI=1S/C13H11BrN2.C12H11BrN2O/c1-4-11-7-12(14)5-6-13(11)16-8-9(2)15-10(16)3;1-8-6-15(9(2)14-8)12-4-3-11(13)5-10(12)7-16/h1,5-8H,2-3H3;3-7H,1-2H3. The Bertz CT molecular complexity index is 1330. The van der Waals surface area contributed by atoms with Gasteiger partial charge in [-0.05, 0) is 64.1 Å². The Balaban J connectivity index is 0.000000181. The van der Waals surface area contributed by atoms with E-state index in [0.29, 0.717) is 5.56 Å². The lowest BCUT2D eigenvalue weighted by atomic mass is 10.2. The average molecular weight is 554 g/mol. The molecular formula is C25H22Br2N4O. The van der Waals surface area contributed by atoms with E-state index in [4.69, 9.17) is 6.42 Å². The Morgan fingerprint density at radius 1 is 0.844 bits per heavy atom. The Morgan fingerprint density at radius 2 is 1.34 bits per heavy atom. The summed E-state index contributed by atoms with van der Waals surface area (Å²) in [5, 5.41) is 0. The molecule has 0 unspecified atom stereocenters. The van der Waals surface area contributed by atoms with Crippen LogP contribution in [0.3, 0.4) is 0 Å². The first-order chi connectivity index (χ1) is 15.2. The van der Waals surface area contributed by atoms with Gasteiger partial charge in [0, 0.05) is 32.5 Å². The zero-order chi connectivity index (χ0) is 23.4.